The van der Waals surface area contributed by atoms with E-state index in [1.54, 1.807) is 0 Å². The van der Waals surface area contributed by atoms with Crippen LogP contribution in [0.3, 0.4) is 0 Å². The molecule has 0 radical (unpaired) electrons. The average Bonchev–Trinajstić information content (AvgIpc) is 2.99. The van der Waals surface area contributed by atoms with Gasteiger partial charge in [-0.25, -0.2) is 0 Å². The molecular weight excluding hydrogens is 206 g/mol. The van der Waals surface area contributed by atoms with Gasteiger partial charge in [0, 0.05) is 5.56 Å². The van der Waals surface area contributed by atoms with Crippen LogP contribution >= 0.6 is 0 Å². The highest BCUT2D eigenvalue weighted by atomic mass is 16.6. The van der Waals surface area contributed by atoms with Gasteiger partial charge in [0.1, 0.15) is 18.5 Å². The maximum absolute atomic E-state index is 10.9. The Labute approximate surface area is 94.3 Å². The van der Waals surface area contributed by atoms with Gasteiger partial charge in [-0.15, -0.1) is 0 Å². The van der Waals surface area contributed by atoms with E-state index >= 15 is 0 Å². The second-order valence-electron chi connectivity index (χ2n) is 4.02. The molecule has 1 aliphatic heterocycles. The van der Waals surface area contributed by atoms with Crippen molar-refractivity contribution in [2.75, 3.05) is 13.2 Å². The number of ether oxygens (including phenoxy) is 2. The van der Waals surface area contributed by atoms with E-state index in [2.05, 4.69) is 0 Å². The summed E-state index contributed by atoms with van der Waals surface area (Å²) in [5, 5.41) is 0. The number of benzene rings is 1. The van der Waals surface area contributed by atoms with Crippen LogP contribution < -0.4 is 10.5 Å². The number of epoxide rings is 1. The zero-order valence-corrected chi connectivity index (χ0v) is 9.23. The Morgan fingerprint density at radius 2 is 2.38 bits per heavy atom. The number of nitrogens with two attached hydrogens (primary N) is 1. The smallest absolute Gasteiger partial charge is 0.221 e. The van der Waals surface area contributed by atoms with Crippen molar-refractivity contribution in [3.63, 3.8) is 0 Å². The van der Waals surface area contributed by atoms with Gasteiger partial charge in [0.2, 0.25) is 5.91 Å². The lowest BCUT2D eigenvalue weighted by atomic mass is 10.1. The van der Waals surface area contributed by atoms with Gasteiger partial charge in [0.25, 0.3) is 0 Å². The lowest BCUT2D eigenvalue weighted by Gasteiger charge is -2.10. The van der Waals surface area contributed by atoms with Crippen molar-refractivity contribution in [1.82, 2.24) is 0 Å². The molecule has 4 heteroatoms. The fraction of sp³-hybridized carbons (Fsp3) is 0.417. The van der Waals surface area contributed by atoms with Crippen molar-refractivity contribution in [3.05, 3.63) is 29.3 Å². The van der Waals surface area contributed by atoms with E-state index in [-0.39, 0.29) is 18.4 Å². The van der Waals surface area contributed by atoms with Crippen molar-refractivity contribution in [3.8, 4) is 5.75 Å². The lowest BCUT2D eigenvalue weighted by Crippen LogP contribution is -2.15. The third-order valence-electron chi connectivity index (χ3n) is 2.41. The number of amides is 1. The van der Waals surface area contributed by atoms with E-state index in [0.717, 1.165) is 23.5 Å². The summed E-state index contributed by atoms with van der Waals surface area (Å²) in [6, 6.07) is 5.75. The third-order valence-corrected chi connectivity index (χ3v) is 2.41. The summed E-state index contributed by atoms with van der Waals surface area (Å²) in [5.41, 5.74) is 7.12. The maximum atomic E-state index is 10.9. The summed E-state index contributed by atoms with van der Waals surface area (Å²) in [6.07, 6.45) is 0.422. The van der Waals surface area contributed by atoms with Crippen LogP contribution in [0.4, 0.5) is 0 Å². The summed E-state index contributed by atoms with van der Waals surface area (Å²) >= 11 is 0. The number of hydrogen-bond acceptors (Lipinski definition) is 3. The molecule has 0 saturated carbocycles. The Kier molecular flexibility index (Phi) is 3.10. The number of primary amides is 1. The first-order valence-electron chi connectivity index (χ1n) is 5.27. The highest BCUT2D eigenvalue weighted by Crippen LogP contribution is 2.22. The number of carbonyl (C=O) groups is 1. The van der Waals surface area contributed by atoms with E-state index in [0.29, 0.717) is 6.61 Å². The fourth-order valence-electron chi connectivity index (χ4n) is 1.52. The van der Waals surface area contributed by atoms with E-state index in [4.69, 9.17) is 15.2 Å². The summed E-state index contributed by atoms with van der Waals surface area (Å²) < 4.78 is 10.6. The minimum absolute atomic E-state index is 0.211. The Bertz CT molecular complexity index is 399. The van der Waals surface area contributed by atoms with Crippen LogP contribution in [-0.2, 0) is 16.0 Å². The van der Waals surface area contributed by atoms with Crippen LogP contribution in [0.1, 0.15) is 11.1 Å². The number of carbonyl (C=O) groups excluding carboxylic acids is 1. The molecule has 1 fully saturated rings. The quantitative estimate of drug-likeness (QED) is 0.748. The Balaban J connectivity index is 2.09. The van der Waals surface area contributed by atoms with Crippen LogP contribution in [0, 0.1) is 6.92 Å². The topological polar surface area (TPSA) is 64.8 Å². The number of rotatable bonds is 5. The molecule has 2 N–H and O–H groups in total. The van der Waals surface area contributed by atoms with Gasteiger partial charge in [0.15, 0.2) is 0 Å². The summed E-state index contributed by atoms with van der Waals surface area (Å²) in [5.74, 6) is 0.373. The standard InChI is InChI=1S/C12H15NO3/c1-8-2-3-11(16-7-10-6-15-10)9(4-8)5-12(13)14/h2-4,10H,5-7H2,1H3,(H2,13,14). The first-order valence-corrected chi connectivity index (χ1v) is 5.27. The predicted molar refractivity (Wildman–Crippen MR) is 59.3 cm³/mol. The van der Waals surface area contributed by atoms with E-state index in [1.807, 2.05) is 25.1 Å². The van der Waals surface area contributed by atoms with Crippen LogP contribution in [0.25, 0.3) is 0 Å². The molecule has 1 aromatic carbocycles. The molecule has 86 valence electrons. The molecule has 1 aromatic rings. The SMILES string of the molecule is Cc1ccc(OCC2CO2)c(CC(N)=O)c1. The van der Waals surface area contributed by atoms with Gasteiger partial charge in [-0.05, 0) is 13.0 Å². The van der Waals surface area contributed by atoms with Gasteiger partial charge in [-0.2, -0.15) is 0 Å². The second-order valence-corrected chi connectivity index (χ2v) is 4.02. The van der Waals surface area contributed by atoms with Crippen molar-refractivity contribution >= 4 is 5.91 Å². The maximum Gasteiger partial charge on any atom is 0.221 e. The molecule has 16 heavy (non-hydrogen) atoms. The largest absolute Gasteiger partial charge is 0.490 e. The molecule has 4 nitrogen and oxygen atoms in total. The second kappa shape index (κ2) is 4.53. The number of hydrogen-bond donors (Lipinski definition) is 1. The molecule has 0 bridgehead atoms. The lowest BCUT2D eigenvalue weighted by molar-refractivity contribution is -0.117. The Hall–Kier alpha value is -1.55. The van der Waals surface area contributed by atoms with Crippen molar-refractivity contribution < 1.29 is 14.3 Å². The molecule has 1 unspecified atom stereocenters. The Morgan fingerprint density at radius 3 is 3.00 bits per heavy atom. The summed E-state index contributed by atoms with van der Waals surface area (Å²) in [7, 11) is 0. The minimum Gasteiger partial charge on any atom is -0.490 e. The first kappa shape index (κ1) is 11.0. The fourth-order valence-corrected chi connectivity index (χ4v) is 1.52. The van der Waals surface area contributed by atoms with Crippen LogP contribution in [-0.4, -0.2) is 25.2 Å². The molecule has 0 aromatic heterocycles. The van der Waals surface area contributed by atoms with Crippen LogP contribution in [0.15, 0.2) is 18.2 Å². The summed E-state index contributed by atoms with van der Waals surface area (Å²) in [6.45, 7) is 3.27. The Morgan fingerprint density at radius 1 is 1.62 bits per heavy atom. The number of aryl methyl sites for hydroxylation is 1. The monoisotopic (exact) mass is 221 g/mol. The van der Waals surface area contributed by atoms with Crippen LogP contribution in [0.5, 0.6) is 5.75 Å². The van der Waals surface area contributed by atoms with Gasteiger partial charge >= 0.3 is 0 Å². The molecular formula is C12H15NO3. The van der Waals surface area contributed by atoms with Crippen molar-refractivity contribution in [2.45, 2.75) is 19.4 Å². The van der Waals surface area contributed by atoms with E-state index in [1.165, 1.54) is 0 Å². The minimum atomic E-state index is -0.349. The normalized spacial score (nSPS) is 18.2. The van der Waals surface area contributed by atoms with Gasteiger partial charge < -0.3 is 15.2 Å². The summed E-state index contributed by atoms with van der Waals surface area (Å²) in [4.78, 5) is 10.9. The first-order chi connectivity index (χ1) is 7.65. The predicted octanol–water partition coefficient (Wildman–Crippen LogP) is 0.800. The van der Waals surface area contributed by atoms with Gasteiger partial charge in [0.05, 0.1) is 13.0 Å². The molecule has 1 heterocycles. The molecule has 2 rings (SSSR count). The average molecular weight is 221 g/mol. The van der Waals surface area contributed by atoms with Crippen molar-refractivity contribution in [2.24, 2.45) is 5.73 Å². The molecule has 1 aliphatic rings. The highest BCUT2D eigenvalue weighted by molar-refractivity contribution is 5.77. The van der Waals surface area contributed by atoms with Gasteiger partial charge in [-0.1, -0.05) is 17.7 Å². The molecule has 1 saturated heterocycles. The van der Waals surface area contributed by atoms with Crippen molar-refractivity contribution in [1.29, 1.82) is 0 Å². The van der Waals surface area contributed by atoms with Gasteiger partial charge in [-0.3, -0.25) is 4.79 Å². The molecule has 1 atom stereocenters. The van der Waals surface area contributed by atoms with E-state index in [9.17, 15) is 4.79 Å². The third kappa shape index (κ3) is 2.97. The highest BCUT2D eigenvalue weighted by Gasteiger charge is 2.23. The molecule has 0 aliphatic carbocycles. The zero-order chi connectivity index (χ0) is 11.5. The van der Waals surface area contributed by atoms with Crippen LogP contribution in [0.2, 0.25) is 0 Å². The van der Waals surface area contributed by atoms with E-state index < -0.39 is 0 Å². The molecule has 0 spiro atoms. The molecule has 1 amide bonds. The zero-order valence-electron chi connectivity index (χ0n) is 9.23.